The van der Waals surface area contributed by atoms with Gasteiger partial charge in [0, 0.05) is 18.4 Å². The molecule has 1 rings (SSSR count). The van der Waals surface area contributed by atoms with Crippen LogP contribution in [0, 0.1) is 0 Å². The summed E-state index contributed by atoms with van der Waals surface area (Å²) in [6.07, 6.45) is 1.98. The Morgan fingerprint density at radius 2 is 2.19 bits per heavy atom. The van der Waals surface area contributed by atoms with Crippen LogP contribution in [-0.2, 0) is 16.3 Å². The minimum absolute atomic E-state index is 0.0366. The van der Waals surface area contributed by atoms with Crippen molar-refractivity contribution in [2.45, 2.75) is 25.5 Å². The van der Waals surface area contributed by atoms with Gasteiger partial charge in [0.1, 0.15) is 9.84 Å². The van der Waals surface area contributed by atoms with Crippen LogP contribution in [0.4, 0.5) is 0 Å². The van der Waals surface area contributed by atoms with Gasteiger partial charge >= 0.3 is 0 Å². The topological polar surface area (TPSA) is 73.1 Å². The average molecular weight is 264 g/mol. The van der Waals surface area contributed by atoms with E-state index in [1.54, 1.807) is 0 Å². The van der Waals surface area contributed by atoms with E-state index in [0.717, 1.165) is 6.42 Å². The van der Waals surface area contributed by atoms with Gasteiger partial charge in [-0.15, -0.1) is 11.8 Å². The van der Waals surface area contributed by atoms with Crippen molar-refractivity contribution < 1.29 is 12.9 Å². The van der Waals surface area contributed by atoms with Crippen molar-refractivity contribution in [3.8, 4) is 0 Å². The van der Waals surface area contributed by atoms with E-state index in [4.69, 9.17) is 4.52 Å². The summed E-state index contributed by atoms with van der Waals surface area (Å²) in [5.41, 5.74) is 0. The summed E-state index contributed by atoms with van der Waals surface area (Å²) in [5.74, 6) is 1.97. The van der Waals surface area contributed by atoms with Gasteiger partial charge in [0.25, 0.3) is 0 Å². The number of hydrogen-bond donors (Lipinski definition) is 0. The second kappa shape index (κ2) is 5.67. The fourth-order valence-corrected chi connectivity index (χ4v) is 3.21. The Morgan fingerprint density at radius 3 is 2.69 bits per heavy atom. The third-order valence-electron chi connectivity index (χ3n) is 1.97. The fourth-order valence-electron chi connectivity index (χ4n) is 1.02. The first-order valence-electron chi connectivity index (χ1n) is 5.04. The molecule has 0 aromatic carbocycles. The van der Waals surface area contributed by atoms with Gasteiger partial charge < -0.3 is 4.52 Å². The zero-order valence-electron chi connectivity index (χ0n) is 9.63. The zero-order chi connectivity index (χ0) is 12.2. The van der Waals surface area contributed by atoms with Crippen molar-refractivity contribution in [2.75, 3.05) is 17.8 Å². The quantitative estimate of drug-likeness (QED) is 0.774. The summed E-state index contributed by atoms with van der Waals surface area (Å²) >= 11 is 1.50. The van der Waals surface area contributed by atoms with Crippen molar-refractivity contribution in [2.24, 2.45) is 0 Å². The second-order valence-corrected chi connectivity index (χ2v) is 7.25. The minimum Gasteiger partial charge on any atom is -0.338 e. The Bertz CT molecular complexity index is 428. The first-order valence-corrected chi connectivity index (χ1v) is 8.15. The van der Waals surface area contributed by atoms with E-state index in [1.165, 1.54) is 18.0 Å². The molecule has 7 heteroatoms. The molecular weight excluding hydrogens is 248 g/mol. The summed E-state index contributed by atoms with van der Waals surface area (Å²) in [4.78, 5) is 4.20. The number of aryl methyl sites for hydroxylation is 1. The van der Waals surface area contributed by atoms with E-state index in [1.807, 2.05) is 13.8 Å². The Labute approximate surface area is 99.9 Å². The van der Waals surface area contributed by atoms with Crippen LogP contribution < -0.4 is 0 Å². The lowest BCUT2D eigenvalue weighted by molar-refractivity contribution is 0.375. The van der Waals surface area contributed by atoms with Gasteiger partial charge in [-0.3, -0.25) is 0 Å². The minimum atomic E-state index is -2.89. The lowest BCUT2D eigenvalue weighted by Gasteiger charge is -2.04. The molecule has 0 spiro atoms. The Kier molecular flexibility index (Phi) is 4.79. The first kappa shape index (κ1) is 13.5. The standard InChI is InChI=1S/C9H16N2O3S2/c1-4-8-10-9(14-11-8)7(2)15-5-6-16(3,12)13/h7H,4-6H2,1-3H3/t7-/m0/s1. The molecule has 1 aromatic heterocycles. The van der Waals surface area contributed by atoms with Crippen LogP contribution in [0.15, 0.2) is 4.52 Å². The molecule has 0 bridgehead atoms. The molecule has 0 amide bonds. The molecule has 0 radical (unpaired) electrons. The molecule has 1 atom stereocenters. The molecule has 0 N–H and O–H groups in total. The van der Waals surface area contributed by atoms with Crippen molar-refractivity contribution >= 4 is 21.6 Å². The van der Waals surface area contributed by atoms with Gasteiger partial charge in [0.15, 0.2) is 5.82 Å². The van der Waals surface area contributed by atoms with Gasteiger partial charge in [-0.05, 0) is 6.92 Å². The first-order chi connectivity index (χ1) is 7.42. The smallest absolute Gasteiger partial charge is 0.239 e. The van der Waals surface area contributed by atoms with E-state index in [2.05, 4.69) is 10.1 Å². The third-order valence-corrected chi connectivity index (χ3v) is 4.32. The van der Waals surface area contributed by atoms with Gasteiger partial charge in [-0.2, -0.15) is 4.98 Å². The van der Waals surface area contributed by atoms with Crippen LogP contribution in [0.25, 0.3) is 0 Å². The predicted octanol–water partition coefficient (Wildman–Crippen LogP) is 1.47. The summed E-state index contributed by atoms with van der Waals surface area (Å²) < 4.78 is 26.9. The Morgan fingerprint density at radius 1 is 1.50 bits per heavy atom. The summed E-state index contributed by atoms with van der Waals surface area (Å²) in [5, 5.41) is 3.83. The third kappa shape index (κ3) is 4.52. The number of sulfone groups is 1. The van der Waals surface area contributed by atoms with Crippen molar-refractivity contribution in [1.29, 1.82) is 0 Å². The summed E-state index contributed by atoms with van der Waals surface area (Å²) in [6, 6.07) is 0. The molecule has 0 unspecified atom stereocenters. The van der Waals surface area contributed by atoms with Crippen LogP contribution in [0.3, 0.4) is 0 Å². The number of hydrogen-bond acceptors (Lipinski definition) is 6. The maximum absolute atomic E-state index is 10.9. The lowest BCUT2D eigenvalue weighted by atomic mass is 10.4. The maximum atomic E-state index is 10.9. The molecule has 0 saturated heterocycles. The van der Waals surface area contributed by atoms with Gasteiger partial charge in [0.05, 0.1) is 11.0 Å². The van der Waals surface area contributed by atoms with Crippen LogP contribution in [0.2, 0.25) is 0 Å². The van der Waals surface area contributed by atoms with Crippen LogP contribution in [0.1, 0.15) is 30.8 Å². The number of rotatable bonds is 6. The van der Waals surface area contributed by atoms with E-state index < -0.39 is 9.84 Å². The molecular formula is C9H16N2O3S2. The monoisotopic (exact) mass is 264 g/mol. The van der Waals surface area contributed by atoms with Crippen molar-refractivity contribution in [1.82, 2.24) is 10.1 Å². The Hall–Kier alpha value is -0.560. The predicted molar refractivity (Wildman–Crippen MR) is 64.3 cm³/mol. The molecule has 0 aliphatic rings. The number of aromatic nitrogens is 2. The van der Waals surface area contributed by atoms with Crippen LogP contribution >= 0.6 is 11.8 Å². The summed E-state index contributed by atoms with van der Waals surface area (Å²) in [7, 11) is -2.89. The largest absolute Gasteiger partial charge is 0.338 e. The van der Waals surface area contributed by atoms with E-state index >= 15 is 0 Å². The second-order valence-electron chi connectivity index (χ2n) is 3.55. The SMILES string of the molecule is CCc1noc([C@H](C)SCCS(C)(=O)=O)n1. The number of thioether (sulfide) groups is 1. The van der Waals surface area contributed by atoms with Gasteiger partial charge in [-0.25, -0.2) is 8.42 Å². The van der Waals surface area contributed by atoms with E-state index in [-0.39, 0.29) is 11.0 Å². The van der Waals surface area contributed by atoms with Crippen LogP contribution in [-0.4, -0.2) is 36.3 Å². The molecule has 1 heterocycles. The highest BCUT2D eigenvalue weighted by molar-refractivity contribution is 8.00. The molecule has 92 valence electrons. The highest BCUT2D eigenvalue weighted by Gasteiger charge is 2.14. The zero-order valence-corrected chi connectivity index (χ0v) is 11.3. The molecule has 0 aliphatic heterocycles. The molecule has 5 nitrogen and oxygen atoms in total. The highest BCUT2D eigenvalue weighted by Crippen LogP contribution is 2.26. The van der Waals surface area contributed by atoms with Crippen LogP contribution in [0.5, 0.6) is 0 Å². The molecule has 1 aromatic rings. The van der Waals surface area contributed by atoms with E-state index in [9.17, 15) is 8.42 Å². The highest BCUT2D eigenvalue weighted by atomic mass is 32.2. The molecule has 0 fully saturated rings. The Balaban J connectivity index is 2.43. The van der Waals surface area contributed by atoms with Crippen molar-refractivity contribution in [3.63, 3.8) is 0 Å². The molecule has 0 saturated carbocycles. The van der Waals surface area contributed by atoms with E-state index in [0.29, 0.717) is 17.5 Å². The number of nitrogens with zero attached hydrogens (tertiary/aromatic N) is 2. The van der Waals surface area contributed by atoms with Gasteiger partial charge in [-0.1, -0.05) is 12.1 Å². The fraction of sp³-hybridized carbons (Fsp3) is 0.778. The summed E-state index contributed by atoms with van der Waals surface area (Å²) in [6.45, 7) is 3.88. The normalized spacial score (nSPS) is 13.9. The average Bonchev–Trinajstić information content (AvgIpc) is 2.63. The van der Waals surface area contributed by atoms with Gasteiger partial charge in [0.2, 0.25) is 5.89 Å². The maximum Gasteiger partial charge on any atom is 0.239 e. The molecule has 16 heavy (non-hydrogen) atoms. The lowest BCUT2D eigenvalue weighted by Crippen LogP contribution is -2.06. The van der Waals surface area contributed by atoms with Crippen molar-refractivity contribution in [3.05, 3.63) is 11.7 Å². The molecule has 0 aliphatic carbocycles.